The summed E-state index contributed by atoms with van der Waals surface area (Å²) in [6.45, 7) is 1.13. The van der Waals surface area contributed by atoms with E-state index in [2.05, 4.69) is 5.32 Å². The Morgan fingerprint density at radius 1 is 1.46 bits per heavy atom. The van der Waals surface area contributed by atoms with E-state index in [1.807, 2.05) is 6.07 Å². The molecule has 24 heavy (non-hydrogen) atoms. The van der Waals surface area contributed by atoms with Crippen molar-refractivity contribution in [2.75, 3.05) is 30.3 Å². The third kappa shape index (κ3) is 4.94. The summed E-state index contributed by atoms with van der Waals surface area (Å²) in [4.78, 5) is 12.0. The number of sulfonamides is 1. The molecule has 0 bridgehead atoms. The number of carbonyl (C=O) groups excluding carboxylic acids is 1. The SMILES string of the molecule is CS(=O)(=O)N(CCC(=O)NCC1CCCO1)c1ccccc1C#N. The number of hydrogen-bond acceptors (Lipinski definition) is 5. The highest BCUT2D eigenvalue weighted by Crippen LogP contribution is 2.22. The van der Waals surface area contributed by atoms with Crippen LogP contribution in [0.1, 0.15) is 24.8 Å². The Kier molecular flexibility index (Phi) is 6.17. The lowest BCUT2D eigenvalue weighted by molar-refractivity contribution is -0.121. The van der Waals surface area contributed by atoms with Crippen molar-refractivity contribution < 1.29 is 17.9 Å². The molecule has 1 aromatic rings. The van der Waals surface area contributed by atoms with Gasteiger partial charge in [-0.2, -0.15) is 5.26 Å². The molecular weight excluding hydrogens is 330 g/mol. The summed E-state index contributed by atoms with van der Waals surface area (Å²) >= 11 is 0. The van der Waals surface area contributed by atoms with Crippen molar-refractivity contribution in [1.29, 1.82) is 5.26 Å². The number of nitrogens with one attached hydrogen (secondary N) is 1. The Bertz CT molecular complexity index is 721. The Labute approximate surface area is 142 Å². The van der Waals surface area contributed by atoms with E-state index in [0.717, 1.165) is 23.4 Å². The van der Waals surface area contributed by atoms with Gasteiger partial charge < -0.3 is 10.1 Å². The number of nitriles is 1. The van der Waals surface area contributed by atoms with Crippen LogP contribution in [0.5, 0.6) is 0 Å². The molecule has 2 rings (SSSR count). The molecule has 1 fully saturated rings. The maximum Gasteiger partial charge on any atom is 0.232 e. The third-order valence-corrected chi connectivity index (χ3v) is 4.97. The molecule has 1 aliphatic rings. The number of carbonyl (C=O) groups is 1. The molecule has 1 unspecified atom stereocenters. The lowest BCUT2D eigenvalue weighted by atomic mass is 10.2. The van der Waals surface area contributed by atoms with Crippen molar-refractivity contribution in [1.82, 2.24) is 5.32 Å². The molecule has 0 aliphatic carbocycles. The number of anilines is 1. The van der Waals surface area contributed by atoms with Crippen LogP contribution in [0.2, 0.25) is 0 Å². The number of nitrogens with zero attached hydrogens (tertiary/aromatic N) is 2. The van der Waals surface area contributed by atoms with Crippen molar-refractivity contribution in [3.05, 3.63) is 29.8 Å². The number of rotatable bonds is 7. The minimum absolute atomic E-state index is 0.0134. The zero-order chi connectivity index (χ0) is 17.6. The van der Waals surface area contributed by atoms with E-state index in [1.54, 1.807) is 24.3 Å². The summed E-state index contributed by atoms with van der Waals surface area (Å²) in [5.41, 5.74) is 0.539. The van der Waals surface area contributed by atoms with E-state index in [-0.39, 0.29) is 36.2 Å². The fourth-order valence-electron chi connectivity index (χ4n) is 2.58. The van der Waals surface area contributed by atoms with Crippen LogP contribution in [-0.4, -0.2) is 46.4 Å². The second-order valence-corrected chi connectivity index (χ2v) is 7.56. The van der Waals surface area contributed by atoms with Crippen LogP contribution in [0.3, 0.4) is 0 Å². The van der Waals surface area contributed by atoms with Crippen LogP contribution in [0, 0.1) is 11.3 Å². The van der Waals surface area contributed by atoms with E-state index < -0.39 is 10.0 Å². The van der Waals surface area contributed by atoms with E-state index in [4.69, 9.17) is 10.00 Å². The predicted molar refractivity (Wildman–Crippen MR) is 89.9 cm³/mol. The molecule has 1 N–H and O–H groups in total. The topological polar surface area (TPSA) is 99.5 Å². The molecule has 7 nitrogen and oxygen atoms in total. The highest BCUT2D eigenvalue weighted by molar-refractivity contribution is 7.92. The van der Waals surface area contributed by atoms with Crippen LogP contribution < -0.4 is 9.62 Å². The fraction of sp³-hybridized carbons (Fsp3) is 0.500. The highest BCUT2D eigenvalue weighted by Gasteiger charge is 2.22. The lowest BCUT2D eigenvalue weighted by Crippen LogP contribution is -2.37. The van der Waals surface area contributed by atoms with Gasteiger partial charge in [-0.05, 0) is 25.0 Å². The molecule has 0 radical (unpaired) electrons. The molecule has 1 amide bonds. The van der Waals surface area contributed by atoms with Gasteiger partial charge >= 0.3 is 0 Å². The number of ether oxygens (including phenoxy) is 1. The van der Waals surface area contributed by atoms with Crippen molar-refractivity contribution in [3.8, 4) is 6.07 Å². The normalized spacial score (nSPS) is 17.2. The predicted octanol–water partition coefficient (Wildman–Crippen LogP) is 1.01. The first kappa shape index (κ1) is 18.2. The van der Waals surface area contributed by atoms with Gasteiger partial charge in [0.25, 0.3) is 0 Å². The molecule has 1 heterocycles. The van der Waals surface area contributed by atoms with Gasteiger partial charge in [-0.1, -0.05) is 12.1 Å². The van der Waals surface area contributed by atoms with E-state index in [0.29, 0.717) is 13.2 Å². The van der Waals surface area contributed by atoms with Gasteiger partial charge in [0, 0.05) is 26.1 Å². The zero-order valence-corrected chi connectivity index (χ0v) is 14.4. The van der Waals surface area contributed by atoms with E-state index >= 15 is 0 Å². The fourth-order valence-corrected chi connectivity index (χ4v) is 3.51. The van der Waals surface area contributed by atoms with Gasteiger partial charge in [-0.3, -0.25) is 9.10 Å². The van der Waals surface area contributed by atoms with Crippen molar-refractivity contribution in [3.63, 3.8) is 0 Å². The Morgan fingerprint density at radius 3 is 2.83 bits per heavy atom. The summed E-state index contributed by atoms with van der Waals surface area (Å²) in [5.74, 6) is -0.242. The summed E-state index contributed by atoms with van der Waals surface area (Å²) in [7, 11) is -3.60. The second-order valence-electron chi connectivity index (χ2n) is 5.65. The Balaban J connectivity index is 1.99. The Hall–Kier alpha value is -2.11. The van der Waals surface area contributed by atoms with Gasteiger partial charge in [-0.25, -0.2) is 8.42 Å². The molecular formula is C16H21N3O4S. The molecule has 0 spiro atoms. The highest BCUT2D eigenvalue weighted by atomic mass is 32.2. The molecule has 0 aromatic heterocycles. The van der Waals surface area contributed by atoms with Gasteiger partial charge in [-0.15, -0.1) is 0 Å². The quantitative estimate of drug-likeness (QED) is 0.790. The lowest BCUT2D eigenvalue weighted by Gasteiger charge is -2.23. The van der Waals surface area contributed by atoms with Crippen LogP contribution in [0.15, 0.2) is 24.3 Å². The number of hydrogen-bond donors (Lipinski definition) is 1. The first-order valence-corrected chi connectivity index (χ1v) is 9.62. The van der Waals surface area contributed by atoms with Gasteiger partial charge in [0.15, 0.2) is 0 Å². The minimum atomic E-state index is -3.60. The molecule has 1 aliphatic heterocycles. The largest absolute Gasteiger partial charge is 0.376 e. The molecule has 1 saturated heterocycles. The van der Waals surface area contributed by atoms with Gasteiger partial charge in [0.05, 0.1) is 23.6 Å². The summed E-state index contributed by atoms with van der Waals surface area (Å²) in [6, 6.07) is 8.40. The molecule has 130 valence electrons. The van der Waals surface area contributed by atoms with Crippen molar-refractivity contribution in [2.45, 2.75) is 25.4 Å². The van der Waals surface area contributed by atoms with E-state index in [1.165, 1.54) is 0 Å². The average molecular weight is 351 g/mol. The molecule has 0 saturated carbocycles. The molecule has 8 heteroatoms. The summed E-state index contributed by atoms with van der Waals surface area (Å²) in [6.07, 6.45) is 3.03. The first-order valence-electron chi connectivity index (χ1n) is 7.77. The summed E-state index contributed by atoms with van der Waals surface area (Å²) in [5, 5.41) is 11.9. The first-order chi connectivity index (χ1) is 11.4. The maximum atomic E-state index is 12.0. The number of amides is 1. The monoisotopic (exact) mass is 351 g/mol. The second kappa shape index (κ2) is 8.13. The smallest absolute Gasteiger partial charge is 0.232 e. The van der Waals surface area contributed by atoms with Crippen molar-refractivity contribution >= 4 is 21.6 Å². The molecule has 1 aromatic carbocycles. The number of benzene rings is 1. The van der Waals surface area contributed by atoms with Gasteiger partial charge in [0.2, 0.25) is 15.9 Å². The van der Waals surface area contributed by atoms with Crippen LogP contribution in [0.25, 0.3) is 0 Å². The average Bonchev–Trinajstić information content (AvgIpc) is 3.05. The van der Waals surface area contributed by atoms with Crippen LogP contribution in [-0.2, 0) is 19.6 Å². The summed E-state index contributed by atoms with van der Waals surface area (Å²) < 4.78 is 30.6. The minimum Gasteiger partial charge on any atom is -0.376 e. The Morgan fingerprint density at radius 2 is 2.21 bits per heavy atom. The standard InChI is InChI=1S/C16H21N3O4S/c1-24(21,22)19(15-7-3-2-5-13(15)11-17)9-8-16(20)18-12-14-6-4-10-23-14/h2-3,5,7,14H,4,6,8-10,12H2,1H3,(H,18,20). The number of para-hydroxylation sites is 1. The van der Waals surface area contributed by atoms with Crippen LogP contribution >= 0.6 is 0 Å². The maximum absolute atomic E-state index is 12.0. The van der Waals surface area contributed by atoms with Gasteiger partial charge in [0.1, 0.15) is 6.07 Å². The van der Waals surface area contributed by atoms with E-state index in [9.17, 15) is 13.2 Å². The zero-order valence-electron chi connectivity index (χ0n) is 13.6. The van der Waals surface area contributed by atoms with Crippen molar-refractivity contribution in [2.24, 2.45) is 0 Å². The van der Waals surface area contributed by atoms with Crippen LogP contribution in [0.4, 0.5) is 5.69 Å². The molecule has 1 atom stereocenters. The third-order valence-electron chi connectivity index (χ3n) is 3.79.